The molecule has 6 heteroatoms. The molecule has 128 valence electrons. The standard InChI is InChI=1S/C19H18N2O4/c1-23-18-13-15(7-9-17(18)24-12-11-20)8-10-19(22)21-25-14-16-5-3-2-4-6-16/h2-10,13H,12,14H2,1H3,(H,21,22). The van der Waals surface area contributed by atoms with Gasteiger partial charge in [-0.2, -0.15) is 5.26 Å². The summed E-state index contributed by atoms with van der Waals surface area (Å²) in [6, 6.07) is 16.6. The number of amides is 1. The number of rotatable bonds is 8. The van der Waals surface area contributed by atoms with Gasteiger partial charge in [0.25, 0.3) is 5.91 Å². The Morgan fingerprint density at radius 1 is 1.20 bits per heavy atom. The lowest BCUT2D eigenvalue weighted by atomic mass is 10.2. The van der Waals surface area contributed by atoms with Crippen molar-refractivity contribution < 1.29 is 19.1 Å². The maximum Gasteiger partial charge on any atom is 0.267 e. The summed E-state index contributed by atoms with van der Waals surface area (Å²) < 4.78 is 10.5. The van der Waals surface area contributed by atoms with Crippen molar-refractivity contribution in [1.82, 2.24) is 5.48 Å². The molecule has 0 spiro atoms. The second kappa shape index (κ2) is 9.75. The molecule has 0 heterocycles. The number of methoxy groups -OCH3 is 1. The van der Waals surface area contributed by atoms with E-state index in [2.05, 4.69) is 5.48 Å². The minimum absolute atomic E-state index is 0.0628. The van der Waals surface area contributed by atoms with Crippen molar-refractivity contribution in [2.24, 2.45) is 0 Å². The third-order valence-corrected chi connectivity index (χ3v) is 3.16. The summed E-state index contributed by atoms with van der Waals surface area (Å²) in [4.78, 5) is 16.9. The van der Waals surface area contributed by atoms with Crippen LogP contribution in [0.3, 0.4) is 0 Å². The fourth-order valence-electron chi connectivity index (χ4n) is 1.99. The van der Waals surface area contributed by atoms with Crippen molar-refractivity contribution >= 4 is 12.0 Å². The van der Waals surface area contributed by atoms with E-state index < -0.39 is 0 Å². The maximum absolute atomic E-state index is 11.8. The van der Waals surface area contributed by atoms with Gasteiger partial charge in [-0.15, -0.1) is 0 Å². The topological polar surface area (TPSA) is 80.6 Å². The van der Waals surface area contributed by atoms with Crippen LogP contribution in [-0.2, 0) is 16.2 Å². The summed E-state index contributed by atoms with van der Waals surface area (Å²) >= 11 is 0. The van der Waals surface area contributed by atoms with E-state index in [1.54, 1.807) is 24.3 Å². The molecular formula is C19H18N2O4. The average molecular weight is 338 g/mol. The van der Waals surface area contributed by atoms with Crippen molar-refractivity contribution in [3.63, 3.8) is 0 Å². The third kappa shape index (κ3) is 6.01. The Kier molecular flexibility index (Phi) is 7.04. The number of hydroxylamine groups is 1. The predicted molar refractivity (Wildman–Crippen MR) is 92.5 cm³/mol. The molecule has 0 fully saturated rings. The molecule has 1 amide bonds. The average Bonchev–Trinajstić information content (AvgIpc) is 2.65. The summed E-state index contributed by atoms with van der Waals surface area (Å²) in [6.45, 7) is 0.228. The van der Waals surface area contributed by atoms with E-state index in [-0.39, 0.29) is 12.5 Å². The molecule has 0 saturated heterocycles. The van der Waals surface area contributed by atoms with Crippen molar-refractivity contribution in [1.29, 1.82) is 5.26 Å². The van der Waals surface area contributed by atoms with Crippen LogP contribution in [0, 0.1) is 11.3 Å². The molecule has 25 heavy (non-hydrogen) atoms. The van der Waals surface area contributed by atoms with Gasteiger partial charge in [-0.1, -0.05) is 36.4 Å². The number of ether oxygens (including phenoxy) is 2. The van der Waals surface area contributed by atoms with Gasteiger partial charge in [0.05, 0.1) is 13.7 Å². The first kappa shape index (κ1) is 18.0. The number of nitrogens with one attached hydrogen (secondary N) is 1. The van der Waals surface area contributed by atoms with E-state index in [1.807, 2.05) is 36.4 Å². The number of hydrogen-bond acceptors (Lipinski definition) is 5. The first-order valence-corrected chi connectivity index (χ1v) is 7.54. The monoisotopic (exact) mass is 338 g/mol. The Balaban J connectivity index is 1.87. The Hall–Kier alpha value is -3.30. The van der Waals surface area contributed by atoms with Crippen LogP contribution in [0.15, 0.2) is 54.6 Å². The zero-order valence-electron chi connectivity index (χ0n) is 13.8. The number of carbonyl (C=O) groups is 1. The fraction of sp³-hybridized carbons (Fsp3) is 0.158. The van der Waals surface area contributed by atoms with E-state index in [0.717, 1.165) is 11.1 Å². The zero-order valence-corrected chi connectivity index (χ0v) is 13.8. The Bertz CT molecular complexity index is 767. The number of nitriles is 1. The first-order valence-electron chi connectivity index (χ1n) is 7.54. The van der Waals surface area contributed by atoms with E-state index in [4.69, 9.17) is 19.6 Å². The maximum atomic E-state index is 11.8. The molecule has 0 aliphatic carbocycles. The molecule has 2 aromatic carbocycles. The van der Waals surface area contributed by atoms with E-state index in [9.17, 15) is 4.79 Å². The van der Waals surface area contributed by atoms with Gasteiger partial charge >= 0.3 is 0 Å². The minimum Gasteiger partial charge on any atom is -0.493 e. The van der Waals surface area contributed by atoms with Gasteiger partial charge in [0.1, 0.15) is 6.07 Å². The highest BCUT2D eigenvalue weighted by Gasteiger charge is 2.05. The normalized spacial score (nSPS) is 10.2. The lowest BCUT2D eigenvalue weighted by Gasteiger charge is -2.08. The molecule has 0 aliphatic heterocycles. The quantitative estimate of drug-likeness (QED) is 0.591. The van der Waals surface area contributed by atoms with E-state index >= 15 is 0 Å². The lowest BCUT2D eigenvalue weighted by Crippen LogP contribution is -2.21. The Morgan fingerprint density at radius 3 is 2.72 bits per heavy atom. The highest BCUT2D eigenvalue weighted by Crippen LogP contribution is 2.28. The second-order valence-corrected chi connectivity index (χ2v) is 4.93. The van der Waals surface area contributed by atoms with E-state index in [0.29, 0.717) is 18.1 Å². The molecule has 0 atom stereocenters. The fourth-order valence-corrected chi connectivity index (χ4v) is 1.99. The van der Waals surface area contributed by atoms with Gasteiger partial charge in [0, 0.05) is 6.08 Å². The van der Waals surface area contributed by atoms with Crippen LogP contribution in [0.5, 0.6) is 11.5 Å². The molecule has 2 aromatic rings. The molecule has 0 radical (unpaired) electrons. The number of benzene rings is 2. The molecule has 1 N–H and O–H groups in total. The van der Waals surface area contributed by atoms with Crippen molar-refractivity contribution in [3.05, 3.63) is 65.7 Å². The zero-order chi connectivity index (χ0) is 17.9. The minimum atomic E-state index is -0.375. The van der Waals surface area contributed by atoms with Crippen molar-refractivity contribution in [3.8, 4) is 17.6 Å². The van der Waals surface area contributed by atoms with Gasteiger partial charge in [0.2, 0.25) is 0 Å². The summed E-state index contributed by atoms with van der Waals surface area (Å²) in [5.74, 6) is 0.578. The summed E-state index contributed by atoms with van der Waals surface area (Å²) in [6.07, 6.45) is 2.98. The van der Waals surface area contributed by atoms with Crippen LogP contribution < -0.4 is 15.0 Å². The number of carbonyl (C=O) groups excluding carboxylic acids is 1. The van der Waals surface area contributed by atoms with Crippen molar-refractivity contribution in [2.45, 2.75) is 6.61 Å². The third-order valence-electron chi connectivity index (χ3n) is 3.16. The van der Waals surface area contributed by atoms with Gasteiger partial charge in [-0.25, -0.2) is 5.48 Å². The Labute approximate surface area is 146 Å². The molecule has 6 nitrogen and oxygen atoms in total. The lowest BCUT2D eigenvalue weighted by molar-refractivity contribution is -0.129. The summed E-state index contributed by atoms with van der Waals surface area (Å²) in [5, 5.41) is 8.55. The second-order valence-electron chi connectivity index (χ2n) is 4.93. The van der Waals surface area contributed by atoms with Gasteiger partial charge in [-0.05, 0) is 29.3 Å². The van der Waals surface area contributed by atoms with Gasteiger partial charge in [-0.3, -0.25) is 9.63 Å². The SMILES string of the molecule is COc1cc(C=CC(=O)NOCc2ccccc2)ccc1OCC#N. The summed E-state index contributed by atoms with van der Waals surface area (Å²) in [7, 11) is 1.51. The molecular weight excluding hydrogens is 320 g/mol. The molecule has 2 rings (SSSR count). The Morgan fingerprint density at radius 2 is 2.00 bits per heavy atom. The number of hydrogen-bond donors (Lipinski definition) is 1. The smallest absolute Gasteiger partial charge is 0.267 e. The van der Waals surface area contributed by atoms with Crippen molar-refractivity contribution in [2.75, 3.05) is 13.7 Å². The molecule has 0 aliphatic rings. The first-order chi connectivity index (χ1) is 12.2. The van der Waals surface area contributed by atoms with Crippen LogP contribution >= 0.6 is 0 Å². The molecule has 0 saturated carbocycles. The van der Waals surface area contributed by atoms with Gasteiger partial charge in [0.15, 0.2) is 18.1 Å². The molecule has 0 unspecified atom stereocenters. The van der Waals surface area contributed by atoms with E-state index in [1.165, 1.54) is 13.2 Å². The predicted octanol–water partition coefficient (Wildman–Crippen LogP) is 2.86. The largest absolute Gasteiger partial charge is 0.493 e. The summed E-state index contributed by atoms with van der Waals surface area (Å²) in [5.41, 5.74) is 4.06. The highest BCUT2D eigenvalue weighted by atomic mass is 16.6. The molecule has 0 aromatic heterocycles. The van der Waals surface area contributed by atoms with Crippen LogP contribution in [0.2, 0.25) is 0 Å². The van der Waals surface area contributed by atoms with Crippen LogP contribution in [0.1, 0.15) is 11.1 Å². The number of nitrogens with zero attached hydrogens (tertiary/aromatic N) is 1. The van der Waals surface area contributed by atoms with Crippen LogP contribution in [0.4, 0.5) is 0 Å². The van der Waals surface area contributed by atoms with Gasteiger partial charge < -0.3 is 9.47 Å². The molecule has 0 bridgehead atoms. The van der Waals surface area contributed by atoms with Crippen LogP contribution in [-0.4, -0.2) is 19.6 Å². The van der Waals surface area contributed by atoms with Crippen LogP contribution in [0.25, 0.3) is 6.08 Å². The highest BCUT2D eigenvalue weighted by molar-refractivity contribution is 5.91.